The van der Waals surface area contributed by atoms with Gasteiger partial charge >= 0.3 is 5.97 Å². The van der Waals surface area contributed by atoms with Gasteiger partial charge in [-0.15, -0.1) is 0 Å². The van der Waals surface area contributed by atoms with Crippen LogP contribution < -0.4 is 4.74 Å². The number of ether oxygens (including phenoxy) is 2. The summed E-state index contributed by atoms with van der Waals surface area (Å²) in [7, 11) is 1.18. The largest absolute Gasteiger partial charge is 0.486 e. The van der Waals surface area contributed by atoms with Gasteiger partial charge in [0.1, 0.15) is 24.7 Å². The minimum atomic E-state index is -0.680. The van der Waals surface area contributed by atoms with Crippen molar-refractivity contribution in [2.45, 2.75) is 6.61 Å². The summed E-state index contributed by atoms with van der Waals surface area (Å²) >= 11 is 7.57. The van der Waals surface area contributed by atoms with Gasteiger partial charge in [0.25, 0.3) is 11.1 Å². The summed E-state index contributed by atoms with van der Waals surface area (Å²) in [4.78, 5) is 36.9. The second-order valence-electron chi connectivity index (χ2n) is 6.04. The van der Waals surface area contributed by atoms with Crippen molar-refractivity contribution in [1.29, 1.82) is 0 Å². The number of hydrogen-bond acceptors (Lipinski definition) is 6. The van der Waals surface area contributed by atoms with Crippen molar-refractivity contribution in [3.63, 3.8) is 0 Å². The first-order chi connectivity index (χ1) is 14.3. The molecule has 2 aromatic rings. The highest BCUT2D eigenvalue weighted by Gasteiger charge is 2.36. The van der Waals surface area contributed by atoms with E-state index in [0.29, 0.717) is 25.8 Å². The summed E-state index contributed by atoms with van der Waals surface area (Å²) in [6.45, 7) is -0.398. The van der Waals surface area contributed by atoms with Gasteiger partial charge < -0.3 is 9.47 Å². The number of nitrogens with zero attached hydrogens (tertiary/aromatic N) is 1. The molecule has 6 nitrogen and oxygen atoms in total. The fourth-order valence-electron chi connectivity index (χ4n) is 2.55. The molecule has 0 aromatic heterocycles. The zero-order valence-electron chi connectivity index (χ0n) is 15.5. The number of benzene rings is 2. The highest BCUT2D eigenvalue weighted by atomic mass is 79.9. The molecule has 1 saturated heterocycles. The summed E-state index contributed by atoms with van der Waals surface area (Å²) in [5.41, 5.74) is 1.04. The van der Waals surface area contributed by atoms with E-state index in [9.17, 15) is 18.8 Å². The molecule has 2 aromatic carbocycles. The standard InChI is InChI=1S/C20H14Br2FNO5S/c1-28-17(25)9-24-19(26)16(30-20(24)27)8-11-6-13(21)18(14(22)7-11)29-10-12-4-2-3-5-15(12)23/h2-8H,9-10H2,1H3/b16-8-. The lowest BCUT2D eigenvalue weighted by atomic mass is 10.2. The Labute approximate surface area is 192 Å². The zero-order valence-corrected chi connectivity index (χ0v) is 19.5. The third-order valence-electron chi connectivity index (χ3n) is 4.04. The number of esters is 1. The van der Waals surface area contributed by atoms with Gasteiger partial charge in [-0.05, 0) is 73.5 Å². The van der Waals surface area contributed by atoms with E-state index in [-0.39, 0.29) is 17.3 Å². The molecule has 1 fully saturated rings. The van der Waals surface area contributed by atoms with Gasteiger partial charge in [0.2, 0.25) is 0 Å². The zero-order chi connectivity index (χ0) is 21.8. The van der Waals surface area contributed by atoms with E-state index in [1.54, 1.807) is 36.4 Å². The summed E-state index contributed by atoms with van der Waals surface area (Å²) in [5.74, 6) is -1.14. The third-order valence-corrected chi connectivity index (χ3v) is 6.12. The quantitative estimate of drug-likeness (QED) is 0.361. The molecule has 2 amide bonds. The average Bonchev–Trinajstić information content (AvgIpc) is 2.95. The highest BCUT2D eigenvalue weighted by molar-refractivity contribution is 9.11. The summed E-state index contributed by atoms with van der Waals surface area (Å²) < 4.78 is 25.2. The molecule has 0 atom stereocenters. The Morgan fingerprint density at radius 1 is 1.20 bits per heavy atom. The molecule has 3 rings (SSSR count). The third kappa shape index (κ3) is 5.11. The maximum Gasteiger partial charge on any atom is 0.325 e. The topological polar surface area (TPSA) is 72.9 Å². The molecular formula is C20H14Br2FNO5S. The van der Waals surface area contributed by atoms with E-state index in [1.807, 2.05) is 0 Å². The number of thioether (sulfide) groups is 1. The van der Waals surface area contributed by atoms with Gasteiger partial charge in [-0.25, -0.2) is 4.39 Å². The Hall–Kier alpha value is -2.17. The number of carbonyl (C=O) groups excluding carboxylic acids is 3. The maximum absolute atomic E-state index is 13.8. The van der Waals surface area contributed by atoms with Gasteiger partial charge in [0, 0.05) is 5.56 Å². The predicted octanol–water partition coefficient (Wildman–Crippen LogP) is 5.14. The van der Waals surface area contributed by atoms with E-state index in [1.165, 1.54) is 13.2 Å². The first-order valence-electron chi connectivity index (χ1n) is 8.47. The normalized spacial score (nSPS) is 15.1. The molecule has 30 heavy (non-hydrogen) atoms. The minimum Gasteiger partial charge on any atom is -0.486 e. The van der Waals surface area contributed by atoms with E-state index < -0.39 is 23.7 Å². The van der Waals surface area contributed by atoms with Crippen LogP contribution in [0.5, 0.6) is 5.75 Å². The van der Waals surface area contributed by atoms with Crippen LogP contribution in [0.1, 0.15) is 11.1 Å². The van der Waals surface area contributed by atoms with Crippen LogP contribution in [0.2, 0.25) is 0 Å². The van der Waals surface area contributed by atoms with Crippen LogP contribution in [0.4, 0.5) is 9.18 Å². The molecule has 0 aliphatic carbocycles. The fourth-order valence-corrected chi connectivity index (χ4v) is 4.84. The van der Waals surface area contributed by atoms with Crippen LogP contribution in [0, 0.1) is 5.82 Å². The van der Waals surface area contributed by atoms with Crippen molar-refractivity contribution in [1.82, 2.24) is 4.90 Å². The Bertz CT molecular complexity index is 1040. The molecule has 10 heteroatoms. The molecule has 0 bridgehead atoms. The van der Waals surface area contributed by atoms with Crippen molar-refractivity contribution in [3.8, 4) is 5.75 Å². The number of imide groups is 1. The van der Waals surface area contributed by atoms with Crippen molar-refractivity contribution < 1.29 is 28.2 Å². The highest BCUT2D eigenvalue weighted by Crippen LogP contribution is 2.38. The van der Waals surface area contributed by atoms with Crippen LogP contribution in [-0.2, 0) is 20.9 Å². The number of carbonyl (C=O) groups is 3. The monoisotopic (exact) mass is 557 g/mol. The molecule has 1 heterocycles. The van der Waals surface area contributed by atoms with E-state index in [4.69, 9.17) is 4.74 Å². The minimum absolute atomic E-state index is 0.0373. The van der Waals surface area contributed by atoms with Gasteiger partial charge in [0.05, 0.1) is 21.0 Å². The fraction of sp³-hybridized carbons (Fsp3) is 0.150. The van der Waals surface area contributed by atoms with E-state index >= 15 is 0 Å². The number of rotatable bonds is 6. The van der Waals surface area contributed by atoms with Gasteiger partial charge in [-0.2, -0.15) is 0 Å². The Morgan fingerprint density at radius 2 is 1.87 bits per heavy atom. The predicted molar refractivity (Wildman–Crippen MR) is 117 cm³/mol. The molecule has 1 aliphatic rings. The summed E-state index contributed by atoms with van der Waals surface area (Å²) in [6, 6.07) is 9.73. The van der Waals surface area contributed by atoms with Crippen molar-refractivity contribution in [2.24, 2.45) is 0 Å². The Morgan fingerprint density at radius 3 is 2.50 bits per heavy atom. The first-order valence-corrected chi connectivity index (χ1v) is 10.9. The molecule has 0 N–H and O–H groups in total. The number of hydrogen-bond donors (Lipinski definition) is 0. The number of methoxy groups -OCH3 is 1. The van der Waals surface area contributed by atoms with Crippen molar-refractivity contribution in [2.75, 3.05) is 13.7 Å². The molecule has 156 valence electrons. The number of halogens is 3. The summed E-state index contributed by atoms with van der Waals surface area (Å²) in [5, 5.41) is -0.542. The van der Waals surface area contributed by atoms with E-state index in [2.05, 4.69) is 36.6 Å². The Balaban J connectivity index is 1.78. The molecule has 0 spiro atoms. The van der Waals surface area contributed by atoms with Crippen molar-refractivity contribution >= 4 is 66.8 Å². The van der Waals surface area contributed by atoms with Crippen LogP contribution >= 0.6 is 43.6 Å². The molecule has 0 radical (unpaired) electrons. The van der Waals surface area contributed by atoms with Crippen LogP contribution in [0.25, 0.3) is 6.08 Å². The second-order valence-corrected chi connectivity index (χ2v) is 8.74. The SMILES string of the molecule is COC(=O)CN1C(=O)S/C(=C\c2cc(Br)c(OCc3ccccc3F)c(Br)c2)C1=O. The molecule has 1 aliphatic heterocycles. The maximum atomic E-state index is 13.8. The Kier molecular flexibility index (Phi) is 7.32. The van der Waals surface area contributed by atoms with Gasteiger partial charge in [-0.1, -0.05) is 18.2 Å². The van der Waals surface area contributed by atoms with Crippen molar-refractivity contribution in [3.05, 3.63) is 67.2 Å². The van der Waals surface area contributed by atoms with Gasteiger partial charge in [0.15, 0.2) is 0 Å². The lowest BCUT2D eigenvalue weighted by Crippen LogP contribution is -2.34. The van der Waals surface area contributed by atoms with E-state index in [0.717, 1.165) is 16.7 Å². The summed E-state index contributed by atoms with van der Waals surface area (Å²) in [6.07, 6.45) is 1.54. The average molecular weight is 559 g/mol. The lowest BCUT2D eigenvalue weighted by molar-refractivity contribution is -0.143. The van der Waals surface area contributed by atoms with Gasteiger partial charge in [-0.3, -0.25) is 19.3 Å². The second kappa shape index (κ2) is 9.76. The first kappa shape index (κ1) is 22.5. The number of amides is 2. The molecule has 0 saturated carbocycles. The van der Waals surface area contributed by atoms with Crippen LogP contribution in [-0.4, -0.2) is 35.7 Å². The smallest absolute Gasteiger partial charge is 0.325 e. The van der Waals surface area contributed by atoms with Crippen LogP contribution in [0.3, 0.4) is 0 Å². The molecular weight excluding hydrogens is 545 g/mol. The molecule has 0 unspecified atom stereocenters. The lowest BCUT2D eigenvalue weighted by Gasteiger charge is -2.12. The van der Waals surface area contributed by atoms with Crippen LogP contribution in [0.15, 0.2) is 50.2 Å².